The second kappa shape index (κ2) is 4.47. The van der Waals surface area contributed by atoms with E-state index < -0.39 is 11.4 Å². The highest BCUT2D eigenvalue weighted by molar-refractivity contribution is 6.19. The van der Waals surface area contributed by atoms with E-state index in [0.717, 1.165) is 30.6 Å². The first-order chi connectivity index (χ1) is 8.12. The summed E-state index contributed by atoms with van der Waals surface area (Å²) < 4.78 is 0. The Morgan fingerprint density at radius 2 is 1.71 bits per heavy atom. The van der Waals surface area contributed by atoms with Gasteiger partial charge in [0.15, 0.2) is 0 Å². The zero-order valence-corrected chi connectivity index (χ0v) is 10.1. The van der Waals surface area contributed by atoms with Crippen molar-refractivity contribution in [3.8, 4) is 0 Å². The van der Waals surface area contributed by atoms with Gasteiger partial charge in [0, 0.05) is 6.54 Å². The third-order valence-electron chi connectivity index (χ3n) is 3.83. The molecule has 2 fully saturated rings. The van der Waals surface area contributed by atoms with Crippen LogP contribution in [-0.2, 0) is 9.59 Å². The third kappa shape index (κ3) is 1.83. The molecule has 0 aromatic rings. The summed E-state index contributed by atoms with van der Waals surface area (Å²) in [7, 11) is 0. The molecule has 1 aliphatic carbocycles. The lowest BCUT2D eigenvalue weighted by molar-refractivity contribution is -0.152. The molecule has 0 radical (unpaired) electrons. The van der Waals surface area contributed by atoms with E-state index in [2.05, 4.69) is 5.32 Å². The molecule has 5 nitrogen and oxygen atoms in total. The van der Waals surface area contributed by atoms with Gasteiger partial charge in [0.2, 0.25) is 11.8 Å². The van der Waals surface area contributed by atoms with Crippen LogP contribution in [0.15, 0.2) is 0 Å². The monoisotopic (exact) mass is 238 g/mol. The summed E-state index contributed by atoms with van der Waals surface area (Å²) in [4.78, 5) is 37.1. The van der Waals surface area contributed by atoms with E-state index in [1.165, 1.54) is 0 Å². The van der Waals surface area contributed by atoms with Crippen molar-refractivity contribution in [1.82, 2.24) is 10.2 Å². The maximum atomic E-state index is 12.4. The summed E-state index contributed by atoms with van der Waals surface area (Å²) in [6.07, 6.45) is 5.02. The van der Waals surface area contributed by atoms with Gasteiger partial charge in [0.05, 0.1) is 0 Å². The summed E-state index contributed by atoms with van der Waals surface area (Å²) in [6.45, 7) is 2.07. The molecule has 1 saturated carbocycles. The van der Waals surface area contributed by atoms with Crippen LogP contribution in [0, 0.1) is 5.41 Å². The van der Waals surface area contributed by atoms with Crippen molar-refractivity contribution in [2.24, 2.45) is 5.41 Å². The Labute approximate surface area is 101 Å². The molecule has 0 bridgehead atoms. The molecule has 0 aromatic heterocycles. The Kier molecular flexibility index (Phi) is 3.17. The number of hydrogen-bond acceptors (Lipinski definition) is 3. The van der Waals surface area contributed by atoms with Gasteiger partial charge >= 0.3 is 6.03 Å². The van der Waals surface area contributed by atoms with E-state index in [1.54, 1.807) is 6.92 Å². The third-order valence-corrected chi connectivity index (χ3v) is 3.83. The summed E-state index contributed by atoms with van der Waals surface area (Å²) in [6, 6.07) is -0.572. The van der Waals surface area contributed by atoms with Crippen molar-refractivity contribution < 1.29 is 14.4 Å². The number of rotatable bonds is 1. The van der Waals surface area contributed by atoms with E-state index in [0.29, 0.717) is 19.4 Å². The highest BCUT2D eigenvalue weighted by Crippen LogP contribution is 2.38. The molecular weight excluding hydrogens is 220 g/mol. The van der Waals surface area contributed by atoms with Crippen molar-refractivity contribution in [2.45, 2.75) is 45.4 Å². The smallest absolute Gasteiger partial charge is 0.277 e. The zero-order valence-electron chi connectivity index (χ0n) is 10.1. The molecule has 17 heavy (non-hydrogen) atoms. The molecule has 0 aromatic carbocycles. The van der Waals surface area contributed by atoms with Gasteiger partial charge in [-0.2, -0.15) is 0 Å². The number of nitrogens with zero attached hydrogens (tertiary/aromatic N) is 1. The maximum Gasteiger partial charge on any atom is 0.330 e. The number of urea groups is 1. The van der Waals surface area contributed by atoms with Gasteiger partial charge in [-0.15, -0.1) is 0 Å². The Hall–Kier alpha value is -1.39. The van der Waals surface area contributed by atoms with Crippen molar-refractivity contribution in [2.75, 3.05) is 6.54 Å². The number of carbonyl (C=O) groups is 3. The Bertz CT molecular complexity index is 357. The van der Waals surface area contributed by atoms with E-state index >= 15 is 0 Å². The van der Waals surface area contributed by atoms with Crippen LogP contribution in [0.25, 0.3) is 0 Å². The van der Waals surface area contributed by atoms with Crippen LogP contribution in [0.4, 0.5) is 4.79 Å². The summed E-state index contributed by atoms with van der Waals surface area (Å²) in [5.74, 6) is -0.685. The largest absolute Gasteiger partial charge is 0.330 e. The Morgan fingerprint density at radius 3 is 2.24 bits per heavy atom. The molecule has 1 N–H and O–H groups in total. The van der Waals surface area contributed by atoms with Crippen molar-refractivity contribution in [1.29, 1.82) is 0 Å². The summed E-state index contributed by atoms with van der Waals surface area (Å²) >= 11 is 0. The molecule has 4 amide bonds. The first-order valence-corrected chi connectivity index (χ1v) is 6.29. The molecule has 5 heteroatoms. The predicted octanol–water partition coefficient (Wildman–Crippen LogP) is 1.43. The van der Waals surface area contributed by atoms with Crippen LogP contribution in [0.3, 0.4) is 0 Å². The minimum Gasteiger partial charge on any atom is -0.277 e. The highest BCUT2D eigenvalue weighted by Gasteiger charge is 2.52. The van der Waals surface area contributed by atoms with Gasteiger partial charge in [-0.25, -0.2) is 4.79 Å². The second-order valence-corrected chi connectivity index (χ2v) is 4.81. The van der Waals surface area contributed by atoms with Crippen molar-refractivity contribution in [3.63, 3.8) is 0 Å². The lowest BCUT2D eigenvalue weighted by atomic mass is 9.77. The first kappa shape index (κ1) is 12.1. The van der Waals surface area contributed by atoms with Crippen LogP contribution in [0.5, 0.6) is 0 Å². The van der Waals surface area contributed by atoms with Crippen molar-refractivity contribution >= 4 is 17.8 Å². The average molecular weight is 238 g/mol. The number of barbiturate groups is 1. The van der Waals surface area contributed by atoms with Gasteiger partial charge in [-0.05, 0) is 19.8 Å². The Balaban J connectivity index is 2.33. The van der Waals surface area contributed by atoms with E-state index in [-0.39, 0.29) is 11.8 Å². The fraction of sp³-hybridized carbons (Fsp3) is 0.750. The van der Waals surface area contributed by atoms with Crippen LogP contribution in [-0.4, -0.2) is 29.3 Å². The van der Waals surface area contributed by atoms with Crippen LogP contribution in [0.1, 0.15) is 45.4 Å². The van der Waals surface area contributed by atoms with Gasteiger partial charge in [0.1, 0.15) is 5.41 Å². The second-order valence-electron chi connectivity index (χ2n) is 4.81. The van der Waals surface area contributed by atoms with Crippen molar-refractivity contribution in [3.05, 3.63) is 0 Å². The molecule has 0 unspecified atom stereocenters. The van der Waals surface area contributed by atoms with Crippen LogP contribution >= 0.6 is 0 Å². The molecule has 2 rings (SSSR count). The maximum absolute atomic E-state index is 12.4. The number of amides is 4. The summed E-state index contributed by atoms with van der Waals surface area (Å²) in [5.41, 5.74) is -0.972. The van der Waals surface area contributed by atoms with E-state index in [4.69, 9.17) is 0 Å². The van der Waals surface area contributed by atoms with Crippen LogP contribution < -0.4 is 5.32 Å². The average Bonchev–Trinajstić information content (AvgIpc) is 2.54. The highest BCUT2D eigenvalue weighted by atomic mass is 16.2. The minimum absolute atomic E-state index is 0.296. The Morgan fingerprint density at radius 1 is 1.12 bits per heavy atom. The minimum atomic E-state index is -0.972. The lowest BCUT2D eigenvalue weighted by Gasteiger charge is -2.38. The molecule has 2 aliphatic rings. The summed E-state index contributed by atoms with van der Waals surface area (Å²) in [5, 5.41) is 2.33. The van der Waals surface area contributed by atoms with E-state index in [1.807, 2.05) is 0 Å². The molecule has 1 aliphatic heterocycles. The van der Waals surface area contributed by atoms with Gasteiger partial charge in [-0.3, -0.25) is 19.8 Å². The van der Waals surface area contributed by atoms with Crippen LogP contribution in [0.2, 0.25) is 0 Å². The van der Waals surface area contributed by atoms with Gasteiger partial charge in [0.25, 0.3) is 0 Å². The molecule has 94 valence electrons. The molecule has 1 heterocycles. The lowest BCUT2D eigenvalue weighted by Crippen LogP contribution is -2.63. The first-order valence-electron chi connectivity index (χ1n) is 6.29. The SMILES string of the molecule is CCN1C(=O)NC(=O)C2(CCCCCC2)C1=O. The fourth-order valence-electron chi connectivity index (χ4n) is 2.79. The topological polar surface area (TPSA) is 66.5 Å². The predicted molar refractivity (Wildman–Crippen MR) is 61.1 cm³/mol. The number of nitrogens with one attached hydrogen (secondary N) is 1. The number of carbonyl (C=O) groups excluding carboxylic acids is 3. The molecular formula is C12H18N2O3. The van der Waals surface area contributed by atoms with Gasteiger partial charge < -0.3 is 0 Å². The van der Waals surface area contributed by atoms with E-state index in [9.17, 15) is 14.4 Å². The quantitative estimate of drug-likeness (QED) is 0.703. The zero-order chi connectivity index (χ0) is 12.5. The molecule has 0 atom stereocenters. The van der Waals surface area contributed by atoms with Gasteiger partial charge in [-0.1, -0.05) is 25.7 Å². The molecule has 1 saturated heterocycles. The number of imide groups is 2. The molecule has 1 spiro atoms. The normalized spacial score (nSPS) is 24.8. The standard InChI is InChI=1S/C12H18N2O3/c1-2-14-10(16)12(9(15)13-11(14)17)7-5-3-4-6-8-12/h2-8H2,1H3,(H,13,15,17). The fourth-order valence-corrected chi connectivity index (χ4v) is 2.79. The number of hydrogen-bond donors (Lipinski definition) is 1.